The molecule has 1 aromatic rings. The summed E-state index contributed by atoms with van der Waals surface area (Å²) in [6.07, 6.45) is 5.70. The van der Waals surface area contributed by atoms with Crippen molar-refractivity contribution < 1.29 is 14.6 Å². The Kier molecular flexibility index (Phi) is 6.54. The largest absolute Gasteiger partial charge is 0.445 e. The highest BCUT2D eigenvalue weighted by atomic mass is 16.5. The average Bonchev–Trinajstić information content (AvgIpc) is 3.03. The second-order valence-electron chi connectivity index (χ2n) is 5.88. The van der Waals surface area contributed by atoms with E-state index in [-0.39, 0.29) is 19.1 Å². The van der Waals surface area contributed by atoms with E-state index in [4.69, 9.17) is 4.74 Å². The van der Waals surface area contributed by atoms with Crippen molar-refractivity contribution in [3.8, 4) is 0 Å². The lowest BCUT2D eigenvalue weighted by Gasteiger charge is -2.18. The van der Waals surface area contributed by atoms with Crippen LogP contribution in [0.25, 0.3) is 0 Å². The van der Waals surface area contributed by atoms with Crippen molar-refractivity contribution in [2.45, 2.75) is 38.7 Å². The molecule has 0 heterocycles. The van der Waals surface area contributed by atoms with Gasteiger partial charge in [-0.05, 0) is 23.8 Å². The normalized spacial score (nSPS) is 16.6. The van der Waals surface area contributed by atoms with Gasteiger partial charge in [-0.25, -0.2) is 4.79 Å². The zero-order valence-corrected chi connectivity index (χ0v) is 12.5. The molecular weight excluding hydrogens is 266 g/mol. The van der Waals surface area contributed by atoms with Gasteiger partial charge in [-0.3, -0.25) is 0 Å². The quantitative estimate of drug-likeness (QED) is 0.811. The monoisotopic (exact) mass is 291 g/mol. The van der Waals surface area contributed by atoms with Gasteiger partial charge < -0.3 is 15.2 Å². The number of benzene rings is 1. The first-order chi connectivity index (χ1) is 10.3. The number of rotatable bonds is 7. The van der Waals surface area contributed by atoms with Gasteiger partial charge in [0.1, 0.15) is 6.61 Å². The number of carbonyl (C=O) groups is 1. The predicted molar refractivity (Wildman–Crippen MR) is 81.8 cm³/mol. The van der Waals surface area contributed by atoms with E-state index in [0.29, 0.717) is 12.5 Å². The Morgan fingerprint density at radius 3 is 2.67 bits per heavy atom. The number of ether oxygens (including phenoxy) is 1. The highest BCUT2D eigenvalue weighted by molar-refractivity contribution is 5.67. The van der Waals surface area contributed by atoms with Gasteiger partial charge in [0.05, 0.1) is 0 Å². The molecule has 4 heteroatoms. The van der Waals surface area contributed by atoms with Crippen molar-refractivity contribution in [2.75, 3.05) is 13.2 Å². The van der Waals surface area contributed by atoms with E-state index in [2.05, 4.69) is 5.32 Å². The van der Waals surface area contributed by atoms with Gasteiger partial charge in [0, 0.05) is 13.2 Å². The minimum absolute atomic E-state index is 0.121. The minimum Gasteiger partial charge on any atom is -0.445 e. The predicted octanol–water partition coefficient (Wildman–Crippen LogP) is 3.10. The molecule has 1 fully saturated rings. The van der Waals surface area contributed by atoms with Crippen LogP contribution in [0.15, 0.2) is 30.3 Å². The molecule has 116 valence electrons. The third-order valence-corrected chi connectivity index (χ3v) is 4.15. The topological polar surface area (TPSA) is 58.6 Å². The fraction of sp³-hybridized carbons (Fsp3) is 0.588. The maximum Gasteiger partial charge on any atom is 0.407 e. The van der Waals surface area contributed by atoms with Crippen LogP contribution in [0.4, 0.5) is 4.79 Å². The Morgan fingerprint density at radius 2 is 2.00 bits per heavy atom. The van der Waals surface area contributed by atoms with Crippen molar-refractivity contribution in [1.82, 2.24) is 5.32 Å². The van der Waals surface area contributed by atoms with E-state index in [1.165, 1.54) is 25.7 Å². The molecule has 1 amide bonds. The molecule has 0 bridgehead atoms. The van der Waals surface area contributed by atoms with Crippen LogP contribution in [-0.2, 0) is 11.3 Å². The smallest absolute Gasteiger partial charge is 0.407 e. The number of aliphatic hydroxyl groups excluding tert-OH is 1. The lowest BCUT2D eigenvalue weighted by Crippen LogP contribution is -2.32. The van der Waals surface area contributed by atoms with Crippen LogP contribution >= 0.6 is 0 Å². The van der Waals surface area contributed by atoms with E-state index in [1.807, 2.05) is 30.3 Å². The standard InChI is InChI=1S/C17H25NO3/c19-12-16(10-14-6-4-5-7-14)11-18-17(20)21-13-15-8-2-1-3-9-15/h1-3,8-9,14,16,19H,4-7,10-13H2,(H,18,20). The number of alkyl carbamates (subject to hydrolysis) is 1. The molecule has 0 aromatic heterocycles. The molecule has 2 rings (SSSR count). The van der Waals surface area contributed by atoms with Crippen LogP contribution in [0.1, 0.15) is 37.7 Å². The highest BCUT2D eigenvalue weighted by Gasteiger charge is 2.20. The maximum absolute atomic E-state index is 11.7. The van der Waals surface area contributed by atoms with Crippen LogP contribution in [0.5, 0.6) is 0 Å². The average molecular weight is 291 g/mol. The molecule has 0 aliphatic heterocycles. The van der Waals surface area contributed by atoms with Crippen molar-refractivity contribution in [2.24, 2.45) is 11.8 Å². The van der Waals surface area contributed by atoms with Crippen molar-refractivity contribution in [1.29, 1.82) is 0 Å². The van der Waals surface area contributed by atoms with Crippen molar-refractivity contribution in [3.63, 3.8) is 0 Å². The molecule has 0 saturated heterocycles. The molecule has 0 radical (unpaired) electrons. The highest BCUT2D eigenvalue weighted by Crippen LogP contribution is 2.30. The summed E-state index contributed by atoms with van der Waals surface area (Å²) in [5, 5.41) is 12.2. The lowest BCUT2D eigenvalue weighted by atomic mass is 9.94. The third-order valence-electron chi connectivity index (χ3n) is 4.15. The van der Waals surface area contributed by atoms with E-state index >= 15 is 0 Å². The summed E-state index contributed by atoms with van der Waals surface area (Å²) in [5.41, 5.74) is 0.970. The first-order valence-corrected chi connectivity index (χ1v) is 7.83. The molecular formula is C17H25NO3. The molecule has 21 heavy (non-hydrogen) atoms. The van der Waals surface area contributed by atoms with Crippen LogP contribution in [0.2, 0.25) is 0 Å². The Balaban J connectivity index is 1.64. The summed E-state index contributed by atoms with van der Waals surface area (Å²) in [6.45, 7) is 0.884. The minimum atomic E-state index is -0.413. The van der Waals surface area contributed by atoms with Crippen molar-refractivity contribution >= 4 is 6.09 Å². The van der Waals surface area contributed by atoms with Gasteiger partial charge in [-0.15, -0.1) is 0 Å². The van der Waals surface area contributed by atoms with Crippen LogP contribution in [0, 0.1) is 11.8 Å². The third kappa shape index (κ3) is 5.76. The van der Waals surface area contributed by atoms with E-state index in [0.717, 1.165) is 12.0 Å². The number of aliphatic hydroxyl groups is 1. The van der Waals surface area contributed by atoms with Crippen LogP contribution in [-0.4, -0.2) is 24.4 Å². The molecule has 1 atom stereocenters. The Bertz CT molecular complexity index is 415. The van der Waals surface area contributed by atoms with Gasteiger partial charge in [0.15, 0.2) is 0 Å². The zero-order valence-electron chi connectivity index (χ0n) is 12.5. The van der Waals surface area contributed by atoms with E-state index in [9.17, 15) is 9.90 Å². The number of amides is 1. The van der Waals surface area contributed by atoms with E-state index < -0.39 is 6.09 Å². The number of nitrogens with one attached hydrogen (secondary N) is 1. The fourth-order valence-corrected chi connectivity index (χ4v) is 2.94. The molecule has 0 spiro atoms. The first kappa shape index (κ1) is 15.8. The summed E-state index contributed by atoms with van der Waals surface area (Å²) in [6, 6.07) is 9.60. The number of hydrogen-bond donors (Lipinski definition) is 2. The summed E-state index contributed by atoms with van der Waals surface area (Å²) in [5.74, 6) is 0.849. The summed E-state index contributed by atoms with van der Waals surface area (Å²) < 4.78 is 5.16. The molecule has 1 aliphatic carbocycles. The maximum atomic E-state index is 11.7. The second kappa shape index (κ2) is 8.67. The SMILES string of the molecule is O=C(NCC(CO)CC1CCCC1)OCc1ccccc1. The lowest BCUT2D eigenvalue weighted by molar-refractivity contribution is 0.133. The van der Waals surface area contributed by atoms with Gasteiger partial charge in [-0.1, -0.05) is 56.0 Å². The molecule has 1 aromatic carbocycles. The molecule has 1 unspecified atom stereocenters. The van der Waals surface area contributed by atoms with Crippen molar-refractivity contribution in [3.05, 3.63) is 35.9 Å². The molecule has 2 N–H and O–H groups in total. The van der Waals surface area contributed by atoms with Gasteiger partial charge in [0.25, 0.3) is 0 Å². The van der Waals surface area contributed by atoms with Crippen LogP contribution < -0.4 is 5.32 Å². The van der Waals surface area contributed by atoms with Gasteiger partial charge >= 0.3 is 6.09 Å². The summed E-state index contributed by atoms with van der Waals surface area (Å²) >= 11 is 0. The summed E-state index contributed by atoms with van der Waals surface area (Å²) in [4.78, 5) is 11.7. The number of hydrogen-bond acceptors (Lipinski definition) is 3. The zero-order chi connectivity index (χ0) is 14.9. The first-order valence-electron chi connectivity index (χ1n) is 7.83. The molecule has 1 aliphatic rings. The fourth-order valence-electron chi connectivity index (χ4n) is 2.94. The van der Waals surface area contributed by atoms with Crippen LogP contribution in [0.3, 0.4) is 0 Å². The molecule has 4 nitrogen and oxygen atoms in total. The van der Waals surface area contributed by atoms with E-state index in [1.54, 1.807) is 0 Å². The number of carbonyl (C=O) groups excluding carboxylic acids is 1. The Hall–Kier alpha value is -1.55. The van der Waals surface area contributed by atoms with Gasteiger partial charge in [-0.2, -0.15) is 0 Å². The Labute approximate surface area is 126 Å². The summed E-state index contributed by atoms with van der Waals surface area (Å²) in [7, 11) is 0. The second-order valence-corrected chi connectivity index (χ2v) is 5.88. The van der Waals surface area contributed by atoms with Gasteiger partial charge in [0.2, 0.25) is 0 Å². The Morgan fingerprint density at radius 1 is 1.29 bits per heavy atom. The molecule has 1 saturated carbocycles.